The topological polar surface area (TPSA) is 103 Å². The summed E-state index contributed by atoms with van der Waals surface area (Å²) in [4.78, 5) is 40.1. The van der Waals surface area contributed by atoms with Gasteiger partial charge in [-0.1, -0.05) is 38.1 Å². The lowest BCUT2D eigenvalue weighted by Gasteiger charge is -2.28. The van der Waals surface area contributed by atoms with E-state index in [4.69, 9.17) is 18.9 Å². The highest BCUT2D eigenvalue weighted by atomic mass is 16.5. The maximum Gasteiger partial charge on any atom is 0.328 e. The number of methoxy groups -OCH3 is 4. The summed E-state index contributed by atoms with van der Waals surface area (Å²) in [6.07, 6.45) is 0. The van der Waals surface area contributed by atoms with Crippen molar-refractivity contribution in [3.8, 4) is 28.4 Å². The minimum Gasteiger partial charge on any atom is -0.493 e. The van der Waals surface area contributed by atoms with E-state index in [1.807, 2.05) is 44.2 Å². The van der Waals surface area contributed by atoms with Gasteiger partial charge in [0, 0.05) is 23.4 Å². The lowest BCUT2D eigenvalue weighted by atomic mass is 10.00. The molecule has 1 heterocycles. The Labute approximate surface area is 227 Å². The third-order valence-electron chi connectivity index (χ3n) is 6.75. The van der Waals surface area contributed by atoms with E-state index in [0.29, 0.717) is 40.6 Å². The average Bonchev–Trinajstić information content (AvgIpc) is 3.27. The first kappa shape index (κ1) is 27.5. The first-order valence-electron chi connectivity index (χ1n) is 12.5. The molecule has 3 aromatic carbocycles. The Morgan fingerprint density at radius 3 is 2.00 bits per heavy atom. The molecule has 0 bridgehead atoms. The largest absolute Gasteiger partial charge is 0.493 e. The van der Waals surface area contributed by atoms with E-state index in [1.165, 1.54) is 28.4 Å². The minimum atomic E-state index is -0.646. The summed E-state index contributed by atoms with van der Waals surface area (Å²) in [7, 11) is 5.81. The van der Waals surface area contributed by atoms with Crippen molar-refractivity contribution < 1.29 is 33.3 Å². The van der Waals surface area contributed by atoms with E-state index in [1.54, 1.807) is 29.2 Å². The van der Waals surface area contributed by atoms with Gasteiger partial charge in [0.1, 0.15) is 6.04 Å². The third kappa shape index (κ3) is 5.38. The van der Waals surface area contributed by atoms with Gasteiger partial charge in [0.15, 0.2) is 11.5 Å². The van der Waals surface area contributed by atoms with Gasteiger partial charge in [-0.3, -0.25) is 9.59 Å². The van der Waals surface area contributed by atoms with Gasteiger partial charge >= 0.3 is 5.97 Å². The van der Waals surface area contributed by atoms with Crippen LogP contribution in [-0.4, -0.2) is 57.2 Å². The molecule has 0 fully saturated rings. The number of benzene rings is 3. The molecule has 1 N–H and O–H groups in total. The molecule has 2 amide bonds. The summed E-state index contributed by atoms with van der Waals surface area (Å²) >= 11 is 0. The molecule has 9 nitrogen and oxygen atoms in total. The molecular weight excluding hydrogens is 500 g/mol. The normalized spacial score (nSPS) is 13.1. The predicted octanol–water partition coefficient (Wildman–Crippen LogP) is 4.79. The average molecular weight is 533 g/mol. The zero-order chi connectivity index (χ0) is 28.3. The first-order chi connectivity index (χ1) is 18.7. The minimum absolute atomic E-state index is 0.0852. The van der Waals surface area contributed by atoms with E-state index >= 15 is 0 Å². The molecule has 0 radical (unpaired) electrons. The van der Waals surface area contributed by atoms with E-state index in [-0.39, 0.29) is 17.7 Å². The van der Waals surface area contributed by atoms with Crippen LogP contribution in [0.3, 0.4) is 0 Å². The Balaban J connectivity index is 1.52. The number of esters is 1. The number of nitrogens with one attached hydrogen (secondary N) is 1. The number of hydrogen-bond acceptors (Lipinski definition) is 7. The number of hydrogen-bond donors (Lipinski definition) is 1. The van der Waals surface area contributed by atoms with E-state index in [2.05, 4.69) is 5.32 Å². The second kappa shape index (κ2) is 11.5. The van der Waals surface area contributed by atoms with Crippen LogP contribution in [0.25, 0.3) is 11.1 Å². The molecule has 1 atom stereocenters. The van der Waals surface area contributed by atoms with Crippen LogP contribution >= 0.6 is 0 Å². The molecule has 0 saturated carbocycles. The molecule has 3 aromatic rings. The summed E-state index contributed by atoms with van der Waals surface area (Å²) in [5, 5.41) is 2.88. The van der Waals surface area contributed by atoms with E-state index < -0.39 is 12.0 Å². The molecule has 1 aliphatic heterocycles. The quantitative estimate of drug-likeness (QED) is 0.396. The van der Waals surface area contributed by atoms with Crippen molar-refractivity contribution in [3.63, 3.8) is 0 Å². The van der Waals surface area contributed by atoms with Crippen molar-refractivity contribution in [3.05, 3.63) is 71.3 Å². The van der Waals surface area contributed by atoms with Gasteiger partial charge in [0.05, 0.1) is 28.4 Å². The zero-order valence-corrected chi connectivity index (χ0v) is 22.9. The number of anilines is 1. The van der Waals surface area contributed by atoms with Crippen molar-refractivity contribution in [1.82, 2.24) is 4.90 Å². The Morgan fingerprint density at radius 1 is 0.846 bits per heavy atom. The molecule has 39 heavy (non-hydrogen) atoms. The second-order valence-electron chi connectivity index (χ2n) is 9.46. The molecule has 0 aromatic heterocycles. The molecule has 4 rings (SSSR count). The fraction of sp³-hybridized carbons (Fsp3) is 0.300. The zero-order valence-electron chi connectivity index (χ0n) is 22.9. The molecule has 0 spiro atoms. The summed E-state index contributed by atoms with van der Waals surface area (Å²) in [6.45, 7) is 4.15. The van der Waals surface area contributed by atoms with Crippen LogP contribution in [-0.2, 0) is 16.1 Å². The number of ether oxygens (including phenoxy) is 4. The Kier molecular flexibility index (Phi) is 8.09. The summed E-state index contributed by atoms with van der Waals surface area (Å²) < 4.78 is 20.9. The molecule has 0 saturated heterocycles. The van der Waals surface area contributed by atoms with Crippen LogP contribution in [0.1, 0.15) is 40.1 Å². The van der Waals surface area contributed by atoms with Crippen LogP contribution in [0.2, 0.25) is 0 Å². The molecule has 9 heteroatoms. The van der Waals surface area contributed by atoms with Crippen molar-refractivity contribution >= 4 is 23.5 Å². The predicted molar refractivity (Wildman–Crippen MR) is 146 cm³/mol. The fourth-order valence-corrected chi connectivity index (χ4v) is 4.77. The van der Waals surface area contributed by atoms with E-state index in [0.717, 1.165) is 16.7 Å². The molecule has 0 unspecified atom stereocenters. The van der Waals surface area contributed by atoms with Gasteiger partial charge in [-0.25, -0.2) is 4.79 Å². The van der Waals surface area contributed by atoms with Crippen LogP contribution < -0.4 is 19.5 Å². The summed E-state index contributed by atoms with van der Waals surface area (Å²) in [6, 6.07) is 15.5. The van der Waals surface area contributed by atoms with Gasteiger partial charge in [-0.2, -0.15) is 0 Å². The SMILES string of the molecule is COC(=O)[C@H](C(C)C)N1Cc2ccc(-c3ccc(NC(=O)c4cc(OC)c(OC)c(OC)c4)cc3)cc2C1=O. The maximum absolute atomic E-state index is 13.2. The lowest BCUT2D eigenvalue weighted by Crippen LogP contribution is -2.45. The number of amides is 2. The summed E-state index contributed by atoms with van der Waals surface area (Å²) in [5.41, 5.74) is 4.11. The lowest BCUT2D eigenvalue weighted by molar-refractivity contribution is -0.147. The van der Waals surface area contributed by atoms with Crippen LogP contribution in [0.5, 0.6) is 17.2 Å². The maximum atomic E-state index is 13.2. The first-order valence-corrected chi connectivity index (χ1v) is 12.5. The number of rotatable bonds is 9. The van der Waals surface area contributed by atoms with Crippen molar-refractivity contribution in [1.29, 1.82) is 0 Å². The fourth-order valence-electron chi connectivity index (χ4n) is 4.77. The number of nitrogens with zero attached hydrogens (tertiary/aromatic N) is 1. The molecule has 204 valence electrons. The second-order valence-corrected chi connectivity index (χ2v) is 9.46. The molecule has 0 aliphatic carbocycles. The highest BCUT2D eigenvalue weighted by Crippen LogP contribution is 2.38. The van der Waals surface area contributed by atoms with Crippen LogP contribution in [0.4, 0.5) is 5.69 Å². The Morgan fingerprint density at radius 2 is 1.46 bits per heavy atom. The van der Waals surface area contributed by atoms with Crippen molar-refractivity contribution in [2.24, 2.45) is 5.92 Å². The van der Waals surface area contributed by atoms with Gasteiger partial charge < -0.3 is 29.2 Å². The highest BCUT2D eigenvalue weighted by Gasteiger charge is 2.38. The third-order valence-corrected chi connectivity index (χ3v) is 6.75. The smallest absolute Gasteiger partial charge is 0.328 e. The Bertz CT molecular complexity index is 1370. The van der Waals surface area contributed by atoms with E-state index in [9.17, 15) is 14.4 Å². The number of carbonyl (C=O) groups is 3. The highest BCUT2D eigenvalue weighted by molar-refractivity contribution is 6.05. The number of fused-ring (bicyclic) bond motifs is 1. The Hall–Kier alpha value is -4.53. The van der Waals surface area contributed by atoms with Crippen molar-refractivity contribution in [2.75, 3.05) is 33.8 Å². The van der Waals surface area contributed by atoms with Crippen LogP contribution in [0.15, 0.2) is 54.6 Å². The van der Waals surface area contributed by atoms with Gasteiger partial charge in [-0.15, -0.1) is 0 Å². The summed E-state index contributed by atoms with van der Waals surface area (Å²) in [5.74, 6) is 0.137. The van der Waals surface area contributed by atoms with Gasteiger partial charge in [0.25, 0.3) is 11.8 Å². The van der Waals surface area contributed by atoms with Gasteiger partial charge in [-0.05, 0) is 52.9 Å². The van der Waals surface area contributed by atoms with Crippen molar-refractivity contribution in [2.45, 2.75) is 26.4 Å². The van der Waals surface area contributed by atoms with Gasteiger partial charge in [0.2, 0.25) is 5.75 Å². The standard InChI is InChI=1S/C30H32N2O7/c1-17(2)26(30(35)39-6)32-16-20-8-7-19(13-23(20)29(32)34)18-9-11-22(12-10-18)31-28(33)21-14-24(36-3)27(38-5)25(15-21)37-4/h7-15,17,26H,16H2,1-6H3,(H,31,33)/t26-/m0/s1. The van der Waals surface area contributed by atoms with Crippen LogP contribution in [0, 0.1) is 5.92 Å². The molecule has 1 aliphatic rings. The molecular formula is C30H32N2O7. The monoisotopic (exact) mass is 532 g/mol. The number of carbonyl (C=O) groups excluding carboxylic acids is 3.